The molecule has 0 aliphatic carbocycles. The number of benzene rings is 2. The van der Waals surface area contributed by atoms with Gasteiger partial charge in [0.1, 0.15) is 11.6 Å². The highest BCUT2D eigenvalue weighted by Crippen LogP contribution is 2.21. The summed E-state index contributed by atoms with van der Waals surface area (Å²) in [5, 5.41) is 8.85. The van der Waals surface area contributed by atoms with E-state index in [9.17, 15) is 12.8 Å². The first-order valence-corrected chi connectivity index (χ1v) is 10.2. The number of halogens is 1. The zero-order valence-corrected chi connectivity index (χ0v) is 15.6. The van der Waals surface area contributed by atoms with Gasteiger partial charge >= 0.3 is 0 Å². The molecule has 3 rings (SSSR count). The van der Waals surface area contributed by atoms with Crippen LogP contribution >= 0.6 is 11.8 Å². The monoisotopic (exact) mass is 392 g/mol. The number of hydrogen-bond acceptors (Lipinski definition) is 5. The van der Waals surface area contributed by atoms with Crippen LogP contribution in [0.25, 0.3) is 0 Å². The summed E-state index contributed by atoms with van der Waals surface area (Å²) in [7, 11) is -1.96. The van der Waals surface area contributed by atoms with Crippen molar-refractivity contribution in [2.24, 2.45) is 7.05 Å². The molecule has 0 unspecified atom stereocenters. The minimum atomic E-state index is -3.74. The first-order valence-electron chi connectivity index (χ1n) is 7.76. The van der Waals surface area contributed by atoms with E-state index in [2.05, 4.69) is 14.9 Å². The molecule has 0 bridgehead atoms. The minimum absolute atomic E-state index is 0.000237. The van der Waals surface area contributed by atoms with E-state index >= 15 is 0 Å². The molecular weight excluding hydrogens is 375 g/mol. The minimum Gasteiger partial charge on any atom is -0.308 e. The Morgan fingerprint density at radius 1 is 1.08 bits per heavy atom. The van der Waals surface area contributed by atoms with Crippen molar-refractivity contribution in [3.8, 4) is 0 Å². The number of nitrogens with one attached hydrogen (secondary N) is 1. The molecule has 0 radical (unpaired) electrons. The first-order chi connectivity index (χ1) is 12.5. The highest BCUT2D eigenvalue weighted by molar-refractivity contribution is 7.98. The third-order valence-corrected chi connectivity index (χ3v) is 6.19. The molecule has 1 aromatic heterocycles. The Bertz CT molecular complexity index is 974. The lowest BCUT2D eigenvalue weighted by atomic mass is 10.2. The van der Waals surface area contributed by atoms with Crippen LogP contribution in [0, 0.1) is 5.82 Å². The molecule has 0 fully saturated rings. The van der Waals surface area contributed by atoms with Crippen molar-refractivity contribution in [1.29, 1.82) is 0 Å². The van der Waals surface area contributed by atoms with E-state index in [-0.39, 0.29) is 11.4 Å². The van der Waals surface area contributed by atoms with Gasteiger partial charge in [-0.05, 0) is 29.8 Å². The van der Waals surface area contributed by atoms with Crippen molar-refractivity contribution in [2.75, 3.05) is 0 Å². The molecule has 0 saturated heterocycles. The number of nitrogens with zero attached hydrogens (tertiary/aromatic N) is 3. The van der Waals surface area contributed by atoms with Crippen LogP contribution in [0.1, 0.15) is 11.4 Å². The van der Waals surface area contributed by atoms with Gasteiger partial charge in [0.15, 0.2) is 5.16 Å². The molecule has 0 amide bonds. The van der Waals surface area contributed by atoms with Gasteiger partial charge in [-0.25, -0.2) is 17.5 Å². The molecule has 0 aliphatic rings. The van der Waals surface area contributed by atoms with Gasteiger partial charge in [-0.1, -0.05) is 42.1 Å². The maximum atomic E-state index is 12.9. The van der Waals surface area contributed by atoms with E-state index in [4.69, 9.17) is 0 Å². The van der Waals surface area contributed by atoms with Crippen molar-refractivity contribution in [2.45, 2.75) is 22.3 Å². The molecule has 6 nitrogen and oxygen atoms in total. The Morgan fingerprint density at radius 3 is 2.46 bits per heavy atom. The van der Waals surface area contributed by atoms with Crippen molar-refractivity contribution in [3.05, 3.63) is 71.8 Å². The Labute approximate surface area is 155 Å². The predicted molar refractivity (Wildman–Crippen MR) is 97.4 cm³/mol. The molecule has 26 heavy (non-hydrogen) atoms. The molecule has 2 aromatic carbocycles. The van der Waals surface area contributed by atoms with Crippen LogP contribution in [0.15, 0.2) is 64.6 Å². The number of thioether (sulfide) groups is 1. The molecule has 136 valence electrons. The zero-order valence-electron chi connectivity index (χ0n) is 14.0. The third-order valence-electron chi connectivity index (χ3n) is 3.68. The van der Waals surface area contributed by atoms with E-state index in [0.29, 0.717) is 11.0 Å². The van der Waals surface area contributed by atoms with Crippen LogP contribution in [-0.4, -0.2) is 23.2 Å². The molecule has 1 heterocycles. The topological polar surface area (TPSA) is 76.9 Å². The van der Waals surface area contributed by atoms with E-state index in [1.54, 1.807) is 11.6 Å². The zero-order chi connectivity index (χ0) is 18.6. The van der Waals surface area contributed by atoms with Gasteiger partial charge in [-0.15, -0.1) is 10.2 Å². The van der Waals surface area contributed by atoms with Crippen molar-refractivity contribution in [3.63, 3.8) is 0 Å². The van der Waals surface area contributed by atoms with Gasteiger partial charge in [0, 0.05) is 12.8 Å². The van der Waals surface area contributed by atoms with Crippen LogP contribution in [-0.2, 0) is 29.4 Å². The largest absolute Gasteiger partial charge is 0.308 e. The van der Waals surface area contributed by atoms with Gasteiger partial charge in [-0.2, -0.15) is 0 Å². The van der Waals surface area contributed by atoms with Crippen LogP contribution in [0.2, 0.25) is 0 Å². The fraction of sp³-hybridized carbons (Fsp3) is 0.176. The molecule has 0 spiro atoms. The summed E-state index contributed by atoms with van der Waals surface area (Å²) in [6.45, 7) is -0.00485. The Kier molecular flexibility index (Phi) is 5.70. The average molecular weight is 392 g/mol. The van der Waals surface area contributed by atoms with Gasteiger partial charge in [0.05, 0.1) is 11.4 Å². The van der Waals surface area contributed by atoms with E-state index in [0.717, 1.165) is 17.9 Å². The Hall–Kier alpha value is -2.23. The lowest BCUT2D eigenvalue weighted by Gasteiger charge is -2.07. The highest BCUT2D eigenvalue weighted by atomic mass is 32.2. The molecule has 3 aromatic rings. The van der Waals surface area contributed by atoms with E-state index in [1.807, 2.05) is 30.3 Å². The standard InChI is InChI=1S/C17H17FN4O2S2/c1-22-16(11-19-26(23,24)15-9-7-14(18)8-10-15)20-21-17(22)25-12-13-5-3-2-4-6-13/h2-10,19H,11-12H2,1H3. The fourth-order valence-corrected chi connectivity index (χ4v) is 4.07. The van der Waals surface area contributed by atoms with E-state index < -0.39 is 15.8 Å². The predicted octanol–water partition coefficient (Wildman–Crippen LogP) is 2.73. The van der Waals surface area contributed by atoms with Gasteiger partial charge in [-0.3, -0.25) is 0 Å². The van der Waals surface area contributed by atoms with Gasteiger partial charge in [0.2, 0.25) is 10.0 Å². The summed E-state index contributed by atoms with van der Waals surface area (Å²) in [5.41, 5.74) is 1.17. The number of sulfonamides is 1. The number of hydrogen-bond donors (Lipinski definition) is 1. The molecule has 0 saturated carbocycles. The second-order valence-corrected chi connectivity index (χ2v) is 8.22. The van der Waals surface area contributed by atoms with Crippen LogP contribution in [0.5, 0.6) is 0 Å². The summed E-state index contributed by atoms with van der Waals surface area (Å²) in [6.07, 6.45) is 0. The molecule has 9 heteroatoms. The summed E-state index contributed by atoms with van der Waals surface area (Å²) in [4.78, 5) is -0.000237. The van der Waals surface area contributed by atoms with Crippen molar-refractivity contribution >= 4 is 21.8 Å². The van der Waals surface area contributed by atoms with Gasteiger partial charge in [0.25, 0.3) is 0 Å². The SMILES string of the molecule is Cn1c(CNS(=O)(=O)c2ccc(F)cc2)nnc1SCc1ccccc1. The van der Waals surface area contributed by atoms with Crippen LogP contribution in [0.4, 0.5) is 4.39 Å². The second-order valence-electron chi connectivity index (χ2n) is 5.51. The van der Waals surface area contributed by atoms with Gasteiger partial charge < -0.3 is 4.57 Å². The maximum Gasteiger partial charge on any atom is 0.240 e. The summed E-state index contributed by atoms with van der Waals surface area (Å²) in [5.74, 6) is 0.747. The van der Waals surface area contributed by atoms with Crippen molar-refractivity contribution in [1.82, 2.24) is 19.5 Å². The summed E-state index contributed by atoms with van der Waals surface area (Å²) >= 11 is 1.52. The number of aromatic nitrogens is 3. The summed E-state index contributed by atoms with van der Waals surface area (Å²) < 4.78 is 41.6. The quantitative estimate of drug-likeness (QED) is 0.626. The van der Waals surface area contributed by atoms with Crippen LogP contribution in [0.3, 0.4) is 0 Å². The van der Waals surface area contributed by atoms with E-state index in [1.165, 1.54) is 29.5 Å². The lowest BCUT2D eigenvalue weighted by Crippen LogP contribution is -2.24. The van der Waals surface area contributed by atoms with Crippen molar-refractivity contribution < 1.29 is 12.8 Å². The maximum absolute atomic E-state index is 12.9. The normalized spacial score (nSPS) is 11.6. The average Bonchev–Trinajstić information content (AvgIpc) is 2.99. The third kappa shape index (κ3) is 4.48. The first kappa shape index (κ1) is 18.6. The molecule has 1 N–H and O–H groups in total. The highest BCUT2D eigenvalue weighted by Gasteiger charge is 2.16. The smallest absolute Gasteiger partial charge is 0.240 e. The molecule has 0 aliphatic heterocycles. The molecular formula is C17H17FN4O2S2. The number of rotatable bonds is 7. The Morgan fingerprint density at radius 2 is 1.77 bits per heavy atom. The fourth-order valence-electron chi connectivity index (χ4n) is 2.20. The lowest BCUT2D eigenvalue weighted by molar-refractivity contribution is 0.575. The summed E-state index contributed by atoms with van der Waals surface area (Å²) in [6, 6.07) is 14.6. The van der Waals surface area contributed by atoms with Crippen LogP contribution < -0.4 is 4.72 Å². The Balaban J connectivity index is 1.64. The second kappa shape index (κ2) is 7.98. The molecule has 0 atom stereocenters.